The zero-order valence-corrected chi connectivity index (χ0v) is 14.3. The van der Waals surface area contributed by atoms with Gasteiger partial charge in [-0.25, -0.2) is 21.6 Å². The second kappa shape index (κ2) is 5.71. The molecule has 0 aliphatic carbocycles. The van der Waals surface area contributed by atoms with Crippen LogP contribution in [-0.4, -0.2) is 35.7 Å². The number of rotatable bonds is 3. The maximum absolute atomic E-state index is 12.9. The van der Waals surface area contributed by atoms with Gasteiger partial charge in [-0.1, -0.05) is 30.3 Å². The highest BCUT2D eigenvalue weighted by Gasteiger charge is 2.45. The van der Waals surface area contributed by atoms with Crippen molar-refractivity contribution >= 4 is 25.6 Å². The fourth-order valence-electron chi connectivity index (χ4n) is 2.83. The molecule has 2 aromatic rings. The number of carbonyl (C=O) groups excluding carboxylic acids is 1. The number of hydrogen-bond acceptors (Lipinski definition) is 6. The van der Waals surface area contributed by atoms with Crippen molar-refractivity contribution in [2.75, 3.05) is 12.9 Å². The van der Waals surface area contributed by atoms with Crippen LogP contribution in [0, 0.1) is 0 Å². The summed E-state index contributed by atoms with van der Waals surface area (Å²) in [5.41, 5.74) is -0.0254. The normalized spacial score (nSPS) is 18.8. The second-order valence-corrected chi connectivity index (χ2v) is 9.45. The average Bonchev–Trinajstić information content (AvgIpc) is 2.87. The molecule has 24 heavy (non-hydrogen) atoms. The number of sulfone groups is 2. The number of esters is 1. The van der Waals surface area contributed by atoms with Crippen LogP contribution in [0.2, 0.25) is 0 Å². The minimum absolute atomic E-state index is 0.0431. The molecule has 126 valence electrons. The standard InChI is InChI=1S/C16H14O6S2/c1-22-16(17)13-9-5-8-12-14(10-23(18,19)15(12)13)24(20,21)11-6-3-2-4-7-11/h2-9,14H,10H2,1H3. The van der Waals surface area contributed by atoms with Crippen LogP contribution < -0.4 is 0 Å². The Kier molecular flexibility index (Phi) is 3.97. The Morgan fingerprint density at radius 3 is 2.38 bits per heavy atom. The van der Waals surface area contributed by atoms with Crippen LogP contribution in [-0.2, 0) is 24.4 Å². The van der Waals surface area contributed by atoms with Gasteiger partial charge in [0.2, 0.25) is 0 Å². The summed E-state index contributed by atoms with van der Waals surface area (Å²) in [4.78, 5) is 11.6. The quantitative estimate of drug-likeness (QED) is 0.769. The largest absolute Gasteiger partial charge is 0.465 e. The Hall–Kier alpha value is -2.19. The lowest BCUT2D eigenvalue weighted by Crippen LogP contribution is -2.15. The molecular formula is C16H14O6S2. The summed E-state index contributed by atoms with van der Waals surface area (Å²) in [6.07, 6.45) is 0. The van der Waals surface area contributed by atoms with Gasteiger partial charge in [0.15, 0.2) is 19.7 Å². The van der Waals surface area contributed by atoms with Crippen molar-refractivity contribution in [2.24, 2.45) is 0 Å². The van der Waals surface area contributed by atoms with Crippen molar-refractivity contribution in [3.63, 3.8) is 0 Å². The molecule has 0 saturated heterocycles. The molecule has 6 nitrogen and oxygen atoms in total. The molecule has 0 bridgehead atoms. The predicted octanol–water partition coefficient (Wildman–Crippen LogP) is 1.78. The summed E-state index contributed by atoms with van der Waals surface area (Å²) >= 11 is 0. The molecular weight excluding hydrogens is 352 g/mol. The minimum Gasteiger partial charge on any atom is -0.465 e. The summed E-state index contributed by atoms with van der Waals surface area (Å²) in [5, 5.41) is -1.25. The highest BCUT2D eigenvalue weighted by atomic mass is 32.2. The van der Waals surface area contributed by atoms with E-state index in [-0.39, 0.29) is 20.9 Å². The molecule has 0 spiro atoms. The SMILES string of the molecule is COC(=O)c1cccc2c1S(=O)(=O)CC2S(=O)(=O)c1ccccc1. The van der Waals surface area contributed by atoms with E-state index in [1.54, 1.807) is 18.2 Å². The zero-order valence-electron chi connectivity index (χ0n) is 12.7. The van der Waals surface area contributed by atoms with Crippen molar-refractivity contribution in [3.8, 4) is 0 Å². The smallest absolute Gasteiger partial charge is 0.339 e. The Morgan fingerprint density at radius 1 is 1.08 bits per heavy atom. The van der Waals surface area contributed by atoms with Gasteiger partial charge >= 0.3 is 5.97 Å². The first-order chi connectivity index (χ1) is 11.3. The summed E-state index contributed by atoms with van der Waals surface area (Å²) < 4.78 is 55.3. The molecule has 1 unspecified atom stereocenters. The van der Waals surface area contributed by atoms with Gasteiger partial charge in [-0.2, -0.15) is 0 Å². The van der Waals surface area contributed by atoms with Crippen molar-refractivity contribution in [2.45, 2.75) is 15.0 Å². The monoisotopic (exact) mass is 366 g/mol. The van der Waals surface area contributed by atoms with E-state index in [1.807, 2.05) is 0 Å². The number of carbonyl (C=O) groups is 1. The highest BCUT2D eigenvalue weighted by Crippen LogP contribution is 2.42. The molecule has 1 heterocycles. The molecule has 1 aliphatic rings. The Morgan fingerprint density at radius 2 is 1.75 bits per heavy atom. The van der Waals surface area contributed by atoms with E-state index < -0.39 is 36.6 Å². The van der Waals surface area contributed by atoms with Gasteiger partial charge < -0.3 is 4.74 Å². The van der Waals surface area contributed by atoms with Gasteiger partial charge in [-0.15, -0.1) is 0 Å². The summed E-state index contributed by atoms with van der Waals surface area (Å²) in [6, 6.07) is 11.9. The van der Waals surface area contributed by atoms with Gasteiger partial charge in [0.1, 0.15) is 5.25 Å². The number of hydrogen-bond donors (Lipinski definition) is 0. The van der Waals surface area contributed by atoms with E-state index in [1.165, 1.54) is 30.3 Å². The Bertz CT molecular complexity index is 1010. The summed E-state index contributed by atoms with van der Waals surface area (Å²) in [6.45, 7) is 0. The van der Waals surface area contributed by atoms with E-state index in [2.05, 4.69) is 4.74 Å². The van der Waals surface area contributed by atoms with E-state index >= 15 is 0 Å². The van der Waals surface area contributed by atoms with Gasteiger partial charge in [-0.05, 0) is 23.8 Å². The molecule has 8 heteroatoms. The first kappa shape index (κ1) is 16.7. The number of ether oxygens (including phenoxy) is 1. The molecule has 2 aromatic carbocycles. The van der Waals surface area contributed by atoms with E-state index in [0.29, 0.717) is 0 Å². The molecule has 0 aromatic heterocycles. The van der Waals surface area contributed by atoms with E-state index in [0.717, 1.165) is 7.11 Å². The van der Waals surface area contributed by atoms with Crippen LogP contribution in [0.3, 0.4) is 0 Å². The third kappa shape index (κ3) is 2.51. The van der Waals surface area contributed by atoms with Crippen LogP contribution in [0.5, 0.6) is 0 Å². The van der Waals surface area contributed by atoms with Crippen molar-refractivity contribution in [1.29, 1.82) is 0 Å². The zero-order chi connectivity index (χ0) is 17.5. The summed E-state index contributed by atoms with van der Waals surface area (Å²) in [5.74, 6) is -1.40. The van der Waals surface area contributed by atoms with Crippen molar-refractivity contribution < 1.29 is 26.4 Å². The molecule has 0 amide bonds. The maximum atomic E-state index is 12.9. The van der Waals surface area contributed by atoms with Crippen LogP contribution in [0.1, 0.15) is 21.2 Å². The van der Waals surface area contributed by atoms with Gasteiger partial charge in [0.25, 0.3) is 0 Å². The van der Waals surface area contributed by atoms with Gasteiger partial charge in [-0.3, -0.25) is 0 Å². The molecule has 1 atom stereocenters. The lowest BCUT2D eigenvalue weighted by atomic mass is 10.1. The minimum atomic E-state index is -3.91. The highest BCUT2D eigenvalue weighted by molar-refractivity contribution is 7.96. The number of fused-ring (bicyclic) bond motifs is 1. The van der Waals surface area contributed by atoms with Gasteiger partial charge in [0, 0.05) is 0 Å². The van der Waals surface area contributed by atoms with E-state index in [4.69, 9.17) is 0 Å². The summed E-state index contributed by atoms with van der Waals surface area (Å²) in [7, 11) is -6.67. The number of benzene rings is 2. The first-order valence-corrected chi connectivity index (χ1v) is 10.2. The molecule has 1 aliphatic heterocycles. The fourth-order valence-corrected chi connectivity index (χ4v) is 7.35. The lowest BCUT2D eigenvalue weighted by molar-refractivity contribution is 0.0596. The van der Waals surface area contributed by atoms with Gasteiger partial charge in [0.05, 0.1) is 28.2 Å². The molecule has 0 radical (unpaired) electrons. The average molecular weight is 366 g/mol. The molecule has 0 fully saturated rings. The topological polar surface area (TPSA) is 94.6 Å². The maximum Gasteiger partial charge on any atom is 0.339 e. The predicted molar refractivity (Wildman–Crippen MR) is 86.2 cm³/mol. The first-order valence-electron chi connectivity index (χ1n) is 7.02. The fraction of sp³-hybridized carbons (Fsp3) is 0.188. The second-order valence-electron chi connectivity index (χ2n) is 5.34. The van der Waals surface area contributed by atoms with Crippen LogP contribution in [0.4, 0.5) is 0 Å². The van der Waals surface area contributed by atoms with Crippen molar-refractivity contribution in [1.82, 2.24) is 0 Å². The van der Waals surface area contributed by atoms with Crippen LogP contribution >= 0.6 is 0 Å². The molecule has 0 saturated carbocycles. The van der Waals surface area contributed by atoms with E-state index in [9.17, 15) is 21.6 Å². The third-order valence-corrected chi connectivity index (χ3v) is 8.09. The number of methoxy groups -OCH3 is 1. The lowest BCUT2D eigenvalue weighted by Gasteiger charge is -2.12. The molecule has 3 rings (SSSR count). The third-order valence-electron chi connectivity index (χ3n) is 3.93. The Labute approximate surface area is 139 Å². The Balaban J connectivity index is 2.23. The van der Waals surface area contributed by atoms with Crippen LogP contribution in [0.15, 0.2) is 58.3 Å². The molecule has 0 N–H and O–H groups in total. The van der Waals surface area contributed by atoms with Crippen molar-refractivity contribution in [3.05, 3.63) is 59.7 Å². The van der Waals surface area contributed by atoms with Crippen LogP contribution in [0.25, 0.3) is 0 Å².